The van der Waals surface area contributed by atoms with Crippen molar-refractivity contribution in [2.45, 2.75) is 6.92 Å². The van der Waals surface area contributed by atoms with Gasteiger partial charge in [-0.25, -0.2) is 13.8 Å². The van der Waals surface area contributed by atoms with Crippen LogP contribution >= 0.6 is 11.6 Å². The number of pyridine rings is 1. The molecular formula is C20H13ClFN3O2. The van der Waals surface area contributed by atoms with Crippen LogP contribution in [0.3, 0.4) is 0 Å². The number of nitrogens with zero attached hydrogens (tertiary/aromatic N) is 3. The van der Waals surface area contributed by atoms with Crippen molar-refractivity contribution in [1.82, 2.24) is 14.1 Å². The molecular weight excluding hydrogens is 369 g/mol. The molecule has 0 unspecified atom stereocenters. The average molecular weight is 382 g/mol. The van der Waals surface area contributed by atoms with Crippen molar-refractivity contribution in [1.29, 1.82) is 0 Å². The standard InChI is InChI=1S/C20H13ClFN3O2/c1-12-4-2-5-13(8-12)24-18-10-16(21)17(22)9-15(18)19(26)25(20(24)27)14-6-3-7-23-11-14/h2-11H,1H3. The van der Waals surface area contributed by atoms with Gasteiger partial charge in [0.2, 0.25) is 0 Å². The van der Waals surface area contributed by atoms with Crippen LogP contribution in [0.4, 0.5) is 4.39 Å². The van der Waals surface area contributed by atoms with E-state index in [1.54, 1.807) is 30.3 Å². The molecule has 0 aliphatic carbocycles. The molecule has 0 bridgehead atoms. The van der Waals surface area contributed by atoms with Crippen molar-refractivity contribution in [2.75, 3.05) is 0 Å². The lowest BCUT2D eigenvalue weighted by molar-refractivity contribution is 0.629. The third-order valence-electron chi connectivity index (χ3n) is 4.26. The second-order valence-corrected chi connectivity index (χ2v) is 6.50. The molecule has 0 amide bonds. The molecule has 0 aliphatic heterocycles. The summed E-state index contributed by atoms with van der Waals surface area (Å²) in [6, 6.07) is 12.8. The van der Waals surface area contributed by atoms with Gasteiger partial charge in [-0.15, -0.1) is 0 Å². The lowest BCUT2D eigenvalue weighted by atomic mass is 10.2. The molecule has 0 saturated heterocycles. The van der Waals surface area contributed by atoms with Crippen molar-refractivity contribution < 1.29 is 4.39 Å². The van der Waals surface area contributed by atoms with Crippen LogP contribution in [0.15, 0.2) is 70.5 Å². The summed E-state index contributed by atoms with van der Waals surface area (Å²) < 4.78 is 16.4. The predicted molar refractivity (Wildman–Crippen MR) is 103 cm³/mol. The number of rotatable bonds is 2. The Balaban J connectivity index is 2.23. The minimum absolute atomic E-state index is 0.0434. The fourth-order valence-corrected chi connectivity index (χ4v) is 3.19. The fraction of sp³-hybridized carbons (Fsp3) is 0.0500. The van der Waals surface area contributed by atoms with E-state index in [2.05, 4.69) is 4.98 Å². The van der Waals surface area contributed by atoms with Gasteiger partial charge in [0, 0.05) is 6.20 Å². The first-order valence-corrected chi connectivity index (χ1v) is 8.49. The van der Waals surface area contributed by atoms with Crippen molar-refractivity contribution in [3.05, 3.63) is 98.2 Å². The lowest BCUT2D eigenvalue weighted by Crippen LogP contribution is -2.38. The van der Waals surface area contributed by atoms with E-state index >= 15 is 0 Å². The molecule has 4 aromatic rings. The van der Waals surface area contributed by atoms with Crippen LogP contribution in [0.25, 0.3) is 22.3 Å². The second kappa shape index (κ2) is 6.48. The van der Waals surface area contributed by atoms with E-state index in [0.29, 0.717) is 11.4 Å². The number of hydrogen-bond donors (Lipinski definition) is 0. The Hall–Kier alpha value is -3.25. The van der Waals surface area contributed by atoms with E-state index in [-0.39, 0.29) is 15.9 Å². The highest BCUT2D eigenvalue weighted by molar-refractivity contribution is 6.31. The Morgan fingerprint density at radius 3 is 2.48 bits per heavy atom. The van der Waals surface area contributed by atoms with Gasteiger partial charge in [-0.1, -0.05) is 23.7 Å². The van der Waals surface area contributed by atoms with Crippen LogP contribution in [-0.2, 0) is 0 Å². The number of benzene rings is 2. The summed E-state index contributed by atoms with van der Waals surface area (Å²) in [4.78, 5) is 30.2. The molecule has 4 rings (SSSR count). The average Bonchev–Trinajstić information content (AvgIpc) is 2.65. The number of fused-ring (bicyclic) bond motifs is 1. The first-order valence-electron chi connectivity index (χ1n) is 8.11. The van der Waals surface area contributed by atoms with E-state index in [0.717, 1.165) is 16.2 Å². The van der Waals surface area contributed by atoms with Gasteiger partial charge in [0.25, 0.3) is 5.56 Å². The van der Waals surface area contributed by atoms with Gasteiger partial charge in [-0.05, 0) is 48.9 Å². The van der Waals surface area contributed by atoms with Crippen LogP contribution in [-0.4, -0.2) is 14.1 Å². The van der Waals surface area contributed by atoms with Crippen molar-refractivity contribution in [3.8, 4) is 11.4 Å². The molecule has 134 valence electrons. The Morgan fingerprint density at radius 2 is 1.78 bits per heavy atom. The Morgan fingerprint density at radius 1 is 1.00 bits per heavy atom. The summed E-state index contributed by atoms with van der Waals surface area (Å²) in [5.41, 5.74) is 0.787. The summed E-state index contributed by atoms with van der Waals surface area (Å²) >= 11 is 5.93. The first kappa shape index (κ1) is 17.2. The molecule has 7 heteroatoms. The summed E-state index contributed by atoms with van der Waals surface area (Å²) in [7, 11) is 0. The largest absolute Gasteiger partial charge is 0.340 e. The minimum atomic E-state index is -0.728. The van der Waals surface area contributed by atoms with Gasteiger partial charge in [0.1, 0.15) is 5.82 Å². The van der Waals surface area contributed by atoms with Crippen LogP contribution in [0.2, 0.25) is 5.02 Å². The van der Waals surface area contributed by atoms with Gasteiger partial charge in [-0.3, -0.25) is 14.3 Å². The third-order valence-corrected chi connectivity index (χ3v) is 4.55. The van der Waals surface area contributed by atoms with Crippen LogP contribution in [0.5, 0.6) is 0 Å². The third kappa shape index (κ3) is 2.84. The summed E-state index contributed by atoms with van der Waals surface area (Å²) in [5, 5.41) is -0.122. The zero-order chi connectivity index (χ0) is 19.1. The molecule has 2 heterocycles. The number of aromatic nitrogens is 3. The maximum absolute atomic E-state index is 14.1. The van der Waals surface area contributed by atoms with E-state index in [1.807, 2.05) is 13.0 Å². The van der Waals surface area contributed by atoms with E-state index < -0.39 is 17.1 Å². The molecule has 0 N–H and O–H groups in total. The SMILES string of the molecule is Cc1cccc(-n2c(=O)n(-c3cccnc3)c(=O)c3cc(F)c(Cl)cc32)c1. The molecule has 0 saturated carbocycles. The maximum atomic E-state index is 14.1. The molecule has 0 fully saturated rings. The minimum Gasteiger partial charge on any atom is -0.268 e. The van der Waals surface area contributed by atoms with Crippen LogP contribution < -0.4 is 11.2 Å². The van der Waals surface area contributed by atoms with Gasteiger partial charge < -0.3 is 0 Å². The second-order valence-electron chi connectivity index (χ2n) is 6.09. The zero-order valence-electron chi connectivity index (χ0n) is 14.2. The predicted octanol–water partition coefficient (Wildman–Crippen LogP) is 3.64. The Labute approximate surface area is 157 Å². The van der Waals surface area contributed by atoms with Crippen LogP contribution in [0.1, 0.15) is 5.56 Å². The number of hydrogen-bond acceptors (Lipinski definition) is 3. The maximum Gasteiger partial charge on any atom is 0.340 e. The van der Waals surface area contributed by atoms with Gasteiger partial charge in [0.05, 0.1) is 33.5 Å². The number of halogens is 2. The summed E-state index contributed by atoms with van der Waals surface area (Å²) in [6.07, 6.45) is 2.94. The Kier molecular flexibility index (Phi) is 4.12. The molecule has 0 spiro atoms. The van der Waals surface area contributed by atoms with Gasteiger partial charge >= 0.3 is 5.69 Å². The monoisotopic (exact) mass is 381 g/mol. The number of aryl methyl sites for hydroxylation is 1. The van der Waals surface area contributed by atoms with E-state index in [4.69, 9.17) is 11.6 Å². The van der Waals surface area contributed by atoms with Crippen LogP contribution in [0, 0.1) is 12.7 Å². The first-order chi connectivity index (χ1) is 13.0. The van der Waals surface area contributed by atoms with Crippen molar-refractivity contribution >= 4 is 22.5 Å². The quantitative estimate of drug-likeness (QED) is 0.532. The summed E-state index contributed by atoms with van der Waals surface area (Å²) in [5.74, 6) is -0.728. The van der Waals surface area contributed by atoms with E-state index in [1.165, 1.54) is 23.0 Å². The highest BCUT2D eigenvalue weighted by Crippen LogP contribution is 2.23. The molecule has 27 heavy (non-hydrogen) atoms. The molecule has 0 radical (unpaired) electrons. The Bertz CT molecular complexity index is 1300. The normalized spacial score (nSPS) is 11.1. The zero-order valence-corrected chi connectivity index (χ0v) is 14.9. The fourth-order valence-electron chi connectivity index (χ4n) is 3.03. The lowest BCUT2D eigenvalue weighted by Gasteiger charge is -2.15. The highest BCUT2D eigenvalue weighted by atomic mass is 35.5. The van der Waals surface area contributed by atoms with Gasteiger partial charge in [0.15, 0.2) is 0 Å². The van der Waals surface area contributed by atoms with Gasteiger partial charge in [-0.2, -0.15) is 0 Å². The molecule has 0 aliphatic rings. The van der Waals surface area contributed by atoms with Crippen molar-refractivity contribution in [2.24, 2.45) is 0 Å². The molecule has 5 nitrogen and oxygen atoms in total. The smallest absolute Gasteiger partial charge is 0.268 e. The molecule has 0 atom stereocenters. The molecule has 2 aromatic heterocycles. The van der Waals surface area contributed by atoms with Crippen molar-refractivity contribution in [3.63, 3.8) is 0 Å². The highest BCUT2D eigenvalue weighted by Gasteiger charge is 2.18. The summed E-state index contributed by atoms with van der Waals surface area (Å²) in [6.45, 7) is 1.89. The molecule has 2 aromatic carbocycles. The van der Waals surface area contributed by atoms with E-state index in [9.17, 15) is 14.0 Å². The topological polar surface area (TPSA) is 56.9 Å².